The van der Waals surface area contributed by atoms with Crippen molar-refractivity contribution in [2.75, 3.05) is 0 Å². The maximum absolute atomic E-state index is 3.96. The van der Waals surface area contributed by atoms with Crippen molar-refractivity contribution in [1.82, 2.24) is 0 Å². The fraction of sp³-hybridized carbons (Fsp3) is 0.500. The van der Waals surface area contributed by atoms with Crippen LogP contribution in [0.3, 0.4) is 0 Å². The van der Waals surface area contributed by atoms with Crippen molar-refractivity contribution >= 4 is 0 Å². The molecule has 0 saturated carbocycles. The first-order valence-corrected chi connectivity index (χ1v) is 4.43. The second-order valence-corrected chi connectivity index (χ2v) is 4.18. The van der Waals surface area contributed by atoms with Gasteiger partial charge in [-0.1, -0.05) is 51.2 Å². The van der Waals surface area contributed by atoms with Crippen LogP contribution in [0.4, 0.5) is 0 Å². The SMILES string of the molecule is C=CCCC(=C)/C=C/C(C)(C)C. The summed E-state index contributed by atoms with van der Waals surface area (Å²) in [5, 5.41) is 0. The predicted octanol–water partition coefficient (Wildman–Crippen LogP) is 4.11. The molecule has 68 valence electrons. The molecule has 0 bridgehead atoms. The first-order chi connectivity index (χ1) is 5.45. The maximum atomic E-state index is 3.96. The van der Waals surface area contributed by atoms with Gasteiger partial charge in [0.2, 0.25) is 0 Å². The van der Waals surface area contributed by atoms with Gasteiger partial charge < -0.3 is 0 Å². The molecule has 0 aromatic heterocycles. The Morgan fingerprint density at radius 1 is 1.33 bits per heavy atom. The van der Waals surface area contributed by atoms with Crippen molar-refractivity contribution in [2.45, 2.75) is 33.6 Å². The highest BCUT2D eigenvalue weighted by atomic mass is 14.1. The van der Waals surface area contributed by atoms with Gasteiger partial charge in [0.25, 0.3) is 0 Å². The average Bonchev–Trinajstić information content (AvgIpc) is 1.95. The monoisotopic (exact) mass is 164 g/mol. The van der Waals surface area contributed by atoms with Crippen LogP contribution in [-0.2, 0) is 0 Å². The van der Waals surface area contributed by atoms with Gasteiger partial charge in [0, 0.05) is 0 Å². The van der Waals surface area contributed by atoms with E-state index in [0.717, 1.165) is 12.8 Å². The fourth-order valence-corrected chi connectivity index (χ4v) is 0.739. The Morgan fingerprint density at radius 2 is 1.92 bits per heavy atom. The van der Waals surface area contributed by atoms with Gasteiger partial charge in [-0.05, 0) is 18.3 Å². The summed E-state index contributed by atoms with van der Waals surface area (Å²) in [7, 11) is 0. The Bertz CT molecular complexity index is 177. The lowest BCUT2D eigenvalue weighted by Crippen LogP contribution is -1.98. The summed E-state index contributed by atoms with van der Waals surface area (Å²) in [5.74, 6) is 0. The molecule has 0 heterocycles. The Balaban J connectivity index is 3.84. The third-order valence-electron chi connectivity index (χ3n) is 1.49. The third kappa shape index (κ3) is 7.33. The molecule has 0 radical (unpaired) electrons. The molecule has 0 saturated heterocycles. The minimum Gasteiger partial charge on any atom is -0.103 e. The Morgan fingerprint density at radius 3 is 2.33 bits per heavy atom. The zero-order valence-electron chi connectivity index (χ0n) is 8.56. The van der Waals surface area contributed by atoms with Crippen molar-refractivity contribution < 1.29 is 0 Å². The van der Waals surface area contributed by atoms with E-state index >= 15 is 0 Å². The van der Waals surface area contributed by atoms with Crippen molar-refractivity contribution in [2.24, 2.45) is 5.41 Å². The Kier molecular flexibility index (Phi) is 4.65. The summed E-state index contributed by atoms with van der Waals surface area (Å²) in [4.78, 5) is 0. The molecule has 0 aliphatic carbocycles. The van der Waals surface area contributed by atoms with E-state index in [4.69, 9.17) is 0 Å². The van der Waals surface area contributed by atoms with Gasteiger partial charge in [0.15, 0.2) is 0 Å². The third-order valence-corrected chi connectivity index (χ3v) is 1.49. The van der Waals surface area contributed by atoms with E-state index in [0.29, 0.717) is 0 Å². The second kappa shape index (κ2) is 4.97. The van der Waals surface area contributed by atoms with E-state index in [1.54, 1.807) is 0 Å². The van der Waals surface area contributed by atoms with Crippen LogP contribution in [0.2, 0.25) is 0 Å². The summed E-state index contributed by atoms with van der Waals surface area (Å²) >= 11 is 0. The van der Waals surface area contributed by atoms with Crippen molar-refractivity contribution in [1.29, 1.82) is 0 Å². The molecule has 0 N–H and O–H groups in total. The molecule has 0 amide bonds. The van der Waals surface area contributed by atoms with Gasteiger partial charge in [-0.3, -0.25) is 0 Å². The largest absolute Gasteiger partial charge is 0.103 e. The number of rotatable bonds is 4. The Hall–Kier alpha value is -0.780. The van der Waals surface area contributed by atoms with Crippen LogP contribution >= 0.6 is 0 Å². The van der Waals surface area contributed by atoms with Crippen LogP contribution in [0, 0.1) is 5.41 Å². The summed E-state index contributed by atoms with van der Waals surface area (Å²) in [6.45, 7) is 14.2. The van der Waals surface area contributed by atoms with Gasteiger partial charge in [-0.15, -0.1) is 6.58 Å². The van der Waals surface area contributed by atoms with Gasteiger partial charge >= 0.3 is 0 Å². The second-order valence-electron chi connectivity index (χ2n) is 4.18. The molecular weight excluding hydrogens is 144 g/mol. The molecule has 0 aliphatic rings. The van der Waals surface area contributed by atoms with Crippen LogP contribution in [0.5, 0.6) is 0 Å². The first kappa shape index (κ1) is 11.2. The van der Waals surface area contributed by atoms with E-state index in [2.05, 4.69) is 46.1 Å². The van der Waals surface area contributed by atoms with E-state index in [9.17, 15) is 0 Å². The molecule has 0 aliphatic heterocycles. The minimum absolute atomic E-state index is 0.261. The van der Waals surface area contributed by atoms with Gasteiger partial charge in [0.1, 0.15) is 0 Å². The molecule has 0 rings (SSSR count). The molecule has 0 unspecified atom stereocenters. The molecule has 0 heteroatoms. The lowest BCUT2D eigenvalue weighted by Gasteiger charge is -2.11. The van der Waals surface area contributed by atoms with E-state index in [-0.39, 0.29) is 5.41 Å². The zero-order chi connectivity index (χ0) is 9.61. The standard InChI is InChI=1S/C12H20/c1-6-7-8-11(2)9-10-12(3,4)5/h6,9-10H,1-2,7-8H2,3-5H3/b10-9+. The molecule has 0 nitrogen and oxygen atoms in total. The molecule has 0 aromatic rings. The zero-order valence-corrected chi connectivity index (χ0v) is 8.56. The molecule has 0 fully saturated rings. The molecule has 12 heavy (non-hydrogen) atoms. The van der Waals surface area contributed by atoms with Crippen LogP contribution < -0.4 is 0 Å². The number of hydrogen-bond acceptors (Lipinski definition) is 0. The van der Waals surface area contributed by atoms with Crippen molar-refractivity contribution in [3.05, 3.63) is 37.0 Å². The highest BCUT2D eigenvalue weighted by molar-refractivity contribution is 5.16. The molecule has 0 atom stereocenters. The lowest BCUT2D eigenvalue weighted by molar-refractivity contribution is 0.543. The van der Waals surface area contributed by atoms with Crippen LogP contribution in [-0.4, -0.2) is 0 Å². The maximum Gasteiger partial charge on any atom is -0.0200 e. The quantitative estimate of drug-likeness (QED) is 0.433. The van der Waals surface area contributed by atoms with E-state index in [1.807, 2.05) is 6.08 Å². The van der Waals surface area contributed by atoms with E-state index in [1.165, 1.54) is 5.57 Å². The summed E-state index contributed by atoms with van der Waals surface area (Å²) in [6, 6.07) is 0. The predicted molar refractivity (Wildman–Crippen MR) is 57.2 cm³/mol. The number of allylic oxidation sites excluding steroid dienone is 4. The fourth-order valence-electron chi connectivity index (χ4n) is 0.739. The van der Waals surface area contributed by atoms with Crippen LogP contribution in [0.15, 0.2) is 37.0 Å². The normalized spacial score (nSPS) is 11.9. The Labute approximate surface area is 76.7 Å². The molecule has 0 aromatic carbocycles. The van der Waals surface area contributed by atoms with Gasteiger partial charge in [-0.25, -0.2) is 0 Å². The highest BCUT2D eigenvalue weighted by Gasteiger charge is 2.02. The highest BCUT2D eigenvalue weighted by Crippen LogP contribution is 2.16. The number of hydrogen-bond donors (Lipinski definition) is 0. The molecule has 0 spiro atoms. The van der Waals surface area contributed by atoms with Crippen molar-refractivity contribution in [3.63, 3.8) is 0 Å². The van der Waals surface area contributed by atoms with Gasteiger partial charge in [-0.2, -0.15) is 0 Å². The summed E-state index contributed by atoms with van der Waals surface area (Å²) in [6.07, 6.45) is 8.28. The average molecular weight is 164 g/mol. The summed E-state index contributed by atoms with van der Waals surface area (Å²) < 4.78 is 0. The molecular formula is C12H20. The first-order valence-electron chi connectivity index (χ1n) is 4.43. The van der Waals surface area contributed by atoms with Crippen molar-refractivity contribution in [3.8, 4) is 0 Å². The summed E-state index contributed by atoms with van der Waals surface area (Å²) in [5.41, 5.74) is 1.45. The topological polar surface area (TPSA) is 0 Å². The lowest BCUT2D eigenvalue weighted by atomic mass is 9.95. The smallest absolute Gasteiger partial charge is 0.0200 e. The van der Waals surface area contributed by atoms with Gasteiger partial charge in [0.05, 0.1) is 0 Å². The minimum atomic E-state index is 0.261. The van der Waals surface area contributed by atoms with E-state index < -0.39 is 0 Å². The van der Waals surface area contributed by atoms with Crippen LogP contribution in [0.1, 0.15) is 33.6 Å². The van der Waals surface area contributed by atoms with Crippen LogP contribution in [0.25, 0.3) is 0 Å².